The van der Waals surface area contributed by atoms with Crippen LogP contribution in [-0.4, -0.2) is 44.2 Å². The second-order valence-electron chi connectivity index (χ2n) is 6.84. The van der Waals surface area contributed by atoms with Gasteiger partial charge in [0.15, 0.2) is 0 Å². The predicted octanol–water partition coefficient (Wildman–Crippen LogP) is 3.10. The van der Waals surface area contributed by atoms with Crippen LogP contribution in [-0.2, 0) is 11.3 Å². The van der Waals surface area contributed by atoms with Crippen molar-refractivity contribution in [2.75, 3.05) is 33.4 Å². The van der Waals surface area contributed by atoms with Gasteiger partial charge in [-0.2, -0.15) is 0 Å². The molecule has 1 fully saturated rings. The first-order valence-electron chi connectivity index (χ1n) is 9.55. The molecular formula is C22H28N2O3. The molecule has 0 spiro atoms. The number of likely N-dealkylation sites (tertiary alicyclic amines) is 1. The fraction of sp³-hybridized carbons (Fsp3) is 0.409. The minimum atomic E-state index is 0.118. The van der Waals surface area contributed by atoms with Crippen LogP contribution >= 0.6 is 0 Å². The second kappa shape index (κ2) is 9.97. The van der Waals surface area contributed by atoms with Crippen molar-refractivity contribution >= 4 is 5.91 Å². The molecule has 27 heavy (non-hydrogen) atoms. The fourth-order valence-corrected chi connectivity index (χ4v) is 3.31. The maximum atomic E-state index is 12.4. The Kier molecular flexibility index (Phi) is 7.11. The Balaban J connectivity index is 1.32. The summed E-state index contributed by atoms with van der Waals surface area (Å²) in [5, 5.41) is 3.07. The number of hydrogen-bond acceptors (Lipinski definition) is 4. The van der Waals surface area contributed by atoms with Crippen molar-refractivity contribution in [2.24, 2.45) is 5.92 Å². The molecule has 1 N–H and O–H groups in total. The molecule has 144 valence electrons. The number of nitrogens with one attached hydrogen (secondary N) is 1. The van der Waals surface area contributed by atoms with E-state index < -0.39 is 0 Å². The first-order valence-corrected chi connectivity index (χ1v) is 9.55. The molecule has 0 radical (unpaired) electrons. The van der Waals surface area contributed by atoms with Gasteiger partial charge in [-0.3, -0.25) is 9.69 Å². The second-order valence-corrected chi connectivity index (χ2v) is 6.84. The number of rotatable bonds is 8. The van der Waals surface area contributed by atoms with E-state index in [0.29, 0.717) is 13.2 Å². The Morgan fingerprint density at radius 3 is 2.37 bits per heavy atom. The van der Waals surface area contributed by atoms with Crippen LogP contribution in [0.5, 0.6) is 11.5 Å². The summed E-state index contributed by atoms with van der Waals surface area (Å²) in [6, 6.07) is 17.7. The highest BCUT2D eigenvalue weighted by molar-refractivity contribution is 5.78. The number of benzene rings is 2. The van der Waals surface area contributed by atoms with Gasteiger partial charge in [-0.1, -0.05) is 30.3 Å². The quantitative estimate of drug-likeness (QED) is 0.778. The number of amides is 1. The zero-order valence-electron chi connectivity index (χ0n) is 15.9. The van der Waals surface area contributed by atoms with Gasteiger partial charge in [-0.15, -0.1) is 0 Å². The number of carbonyl (C=O) groups is 1. The van der Waals surface area contributed by atoms with Gasteiger partial charge in [-0.25, -0.2) is 0 Å². The first-order chi connectivity index (χ1) is 13.2. The standard InChI is InChI=1S/C22H28N2O3/c1-26-20-7-9-21(10-8-20)27-16-15-24-13-11-19(12-14-24)22(25)23-17-18-5-3-2-4-6-18/h2-10,19H,11-17H2,1H3,(H,23,25). The first kappa shape index (κ1) is 19.2. The van der Waals surface area contributed by atoms with Crippen LogP contribution in [0.3, 0.4) is 0 Å². The summed E-state index contributed by atoms with van der Waals surface area (Å²) in [6.45, 7) is 4.02. The predicted molar refractivity (Wildman–Crippen MR) is 106 cm³/mol. The highest BCUT2D eigenvalue weighted by Gasteiger charge is 2.24. The van der Waals surface area contributed by atoms with Crippen molar-refractivity contribution < 1.29 is 14.3 Å². The number of nitrogens with zero attached hydrogens (tertiary/aromatic N) is 1. The summed E-state index contributed by atoms with van der Waals surface area (Å²) in [5.74, 6) is 1.97. The Hall–Kier alpha value is -2.53. The molecule has 5 heteroatoms. The summed E-state index contributed by atoms with van der Waals surface area (Å²) in [7, 11) is 1.65. The van der Waals surface area contributed by atoms with Gasteiger partial charge < -0.3 is 14.8 Å². The lowest BCUT2D eigenvalue weighted by atomic mass is 9.96. The van der Waals surface area contributed by atoms with E-state index in [1.54, 1.807) is 7.11 Å². The fourth-order valence-electron chi connectivity index (χ4n) is 3.31. The van der Waals surface area contributed by atoms with E-state index in [-0.39, 0.29) is 11.8 Å². The molecule has 2 aromatic rings. The largest absolute Gasteiger partial charge is 0.497 e. The minimum absolute atomic E-state index is 0.118. The number of hydrogen-bond donors (Lipinski definition) is 1. The number of methoxy groups -OCH3 is 1. The maximum Gasteiger partial charge on any atom is 0.223 e. The van der Waals surface area contributed by atoms with Crippen LogP contribution in [0.15, 0.2) is 54.6 Å². The van der Waals surface area contributed by atoms with E-state index in [9.17, 15) is 4.79 Å². The molecule has 1 aliphatic heterocycles. The van der Waals surface area contributed by atoms with Gasteiger partial charge in [0.25, 0.3) is 0 Å². The molecule has 1 heterocycles. The molecule has 0 saturated carbocycles. The molecule has 0 atom stereocenters. The average molecular weight is 368 g/mol. The number of piperidine rings is 1. The molecular weight excluding hydrogens is 340 g/mol. The summed E-state index contributed by atoms with van der Waals surface area (Å²) in [4.78, 5) is 14.7. The molecule has 1 saturated heterocycles. The Morgan fingerprint density at radius 1 is 1.04 bits per heavy atom. The van der Waals surface area contributed by atoms with Crippen molar-refractivity contribution in [3.8, 4) is 11.5 Å². The molecule has 0 unspecified atom stereocenters. The van der Waals surface area contributed by atoms with Crippen molar-refractivity contribution in [2.45, 2.75) is 19.4 Å². The molecule has 0 bridgehead atoms. The van der Waals surface area contributed by atoms with Crippen molar-refractivity contribution in [1.82, 2.24) is 10.2 Å². The summed E-state index contributed by atoms with van der Waals surface area (Å²) < 4.78 is 10.9. The topological polar surface area (TPSA) is 50.8 Å². The van der Waals surface area contributed by atoms with E-state index in [1.165, 1.54) is 0 Å². The molecule has 3 rings (SSSR count). The Labute approximate surface area is 161 Å². The SMILES string of the molecule is COc1ccc(OCCN2CCC(C(=O)NCc3ccccc3)CC2)cc1. The van der Waals surface area contributed by atoms with Crippen LogP contribution in [0.1, 0.15) is 18.4 Å². The van der Waals surface area contributed by atoms with E-state index in [0.717, 1.165) is 49.5 Å². The summed E-state index contributed by atoms with van der Waals surface area (Å²) in [5.41, 5.74) is 1.14. The van der Waals surface area contributed by atoms with Gasteiger partial charge in [0.2, 0.25) is 5.91 Å². The van der Waals surface area contributed by atoms with Gasteiger partial charge in [0.05, 0.1) is 7.11 Å². The lowest BCUT2D eigenvalue weighted by Crippen LogP contribution is -2.41. The van der Waals surface area contributed by atoms with Crippen LogP contribution in [0.25, 0.3) is 0 Å². The van der Waals surface area contributed by atoms with Gasteiger partial charge in [-0.05, 0) is 55.8 Å². The number of carbonyl (C=O) groups excluding carboxylic acids is 1. The molecule has 0 aliphatic carbocycles. The highest BCUT2D eigenvalue weighted by Crippen LogP contribution is 2.19. The van der Waals surface area contributed by atoms with Crippen molar-refractivity contribution in [3.05, 3.63) is 60.2 Å². The molecule has 5 nitrogen and oxygen atoms in total. The lowest BCUT2D eigenvalue weighted by Gasteiger charge is -2.31. The van der Waals surface area contributed by atoms with E-state index in [4.69, 9.17) is 9.47 Å². The van der Waals surface area contributed by atoms with Gasteiger partial charge in [0, 0.05) is 19.0 Å². The molecule has 2 aromatic carbocycles. The van der Waals surface area contributed by atoms with Crippen LogP contribution in [0, 0.1) is 5.92 Å². The van der Waals surface area contributed by atoms with E-state index in [1.807, 2.05) is 54.6 Å². The van der Waals surface area contributed by atoms with Crippen LogP contribution in [0.2, 0.25) is 0 Å². The lowest BCUT2D eigenvalue weighted by molar-refractivity contribution is -0.126. The van der Waals surface area contributed by atoms with Crippen LogP contribution < -0.4 is 14.8 Å². The summed E-state index contributed by atoms with van der Waals surface area (Å²) in [6.07, 6.45) is 1.81. The van der Waals surface area contributed by atoms with E-state index >= 15 is 0 Å². The third-order valence-corrected chi connectivity index (χ3v) is 5.00. The van der Waals surface area contributed by atoms with Crippen molar-refractivity contribution in [1.29, 1.82) is 0 Å². The Bertz CT molecular complexity index is 695. The Morgan fingerprint density at radius 2 is 1.70 bits per heavy atom. The third-order valence-electron chi connectivity index (χ3n) is 5.00. The number of ether oxygens (including phenoxy) is 2. The third kappa shape index (κ3) is 6.00. The maximum absolute atomic E-state index is 12.4. The summed E-state index contributed by atoms with van der Waals surface area (Å²) >= 11 is 0. The zero-order valence-corrected chi connectivity index (χ0v) is 15.9. The van der Waals surface area contributed by atoms with Crippen LogP contribution in [0.4, 0.5) is 0 Å². The zero-order chi connectivity index (χ0) is 18.9. The highest BCUT2D eigenvalue weighted by atomic mass is 16.5. The average Bonchev–Trinajstić information content (AvgIpc) is 2.74. The molecule has 0 aromatic heterocycles. The molecule has 1 amide bonds. The smallest absolute Gasteiger partial charge is 0.223 e. The van der Waals surface area contributed by atoms with Gasteiger partial charge >= 0.3 is 0 Å². The minimum Gasteiger partial charge on any atom is -0.497 e. The van der Waals surface area contributed by atoms with E-state index in [2.05, 4.69) is 10.2 Å². The normalized spacial score (nSPS) is 15.3. The van der Waals surface area contributed by atoms with Crippen molar-refractivity contribution in [3.63, 3.8) is 0 Å². The molecule has 1 aliphatic rings. The van der Waals surface area contributed by atoms with Gasteiger partial charge in [0.1, 0.15) is 18.1 Å². The monoisotopic (exact) mass is 368 g/mol.